The average molecular weight is 335 g/mol. The molecule has 1 aromatic carbocycles. The maximum atomic E-state index is 11.3. The van der Waals surface area contributed by atoms with E-state index in [9.17, 15) is 9.90 Å². The minimum Gasteiger partial charge on any atom is -0.491 e. The minimum atomic E-state index is -0.672. The molecular formula is C14H20Cl2N2O3. The Balaban J connectivity index is 2.20. The van der Waals surface area contributed by atoms with Crippen molar-refractivity contribution in [1.82, 2.24) is 10.2 Å². The van der Waals surface area contributed by atoms with Gasteiger partial charge in [-0.1, -0.05) is 23.2 Å². The number of carbonyl (C=O) groups is 1. The maximum absolute atomic E-state index is 11.3. The second-order valence-electron chi connectivity index (χ2n) is 4.78. The molecule has 0 heterocycles. The van der Waals surface area contributed by atoms with Gasteiger partial charge < -0.3 is 20.1 Å². The first-order valence-corrected chi connectivity index (χ1v) is 7.32. The van der Waals surface area contributed by atoms with Gasteiger partial charge in [0, 0.05) is 39.7 Å². The fourth-order valence-electron chi connectivity index (χ4n) is 1.51. The molecule has 0 fully saturated rings. The minimum absolute atomic E-state index is 0.0454. The van der Waals surface area contributed by atoms with E-state index in [1.165, 1.54) is 4.90 Å². The van der Waals surface area contributed by atoms with Gasteiger partial charge in [-0.2, -0.15) is 0 Å². The predicted molar refractivity (Wildman–Crippen MR) is 84.1 cm³/mol. The summed E-state index contributed by atoms with van der Waals surface area (Å²) in [5.74, 6) is 0.593. The molecule has 1 rings (SSSR count). The Bertz CT molecular complexity index is 470. The Labute approximate surface area is 134 Å². The Kier molecular flexibility index (Phi) is 7.82. The SMILES string of the molecule is CN(C)C(=O)CCNCC(O)COc1ccc(Cl)c(Cl)c1. The van der Waals surface area contributed by atoms with E-state index in [2.05, 4.69) is 5.32 Å². The standard InChI is InChI=1S/C14H20Cl2N2O3/c1-18(2)14(20)5-6-17-8-10(19)9-21-11-3-4-12(15)13(16)7-11/h3-4,7,10,17,19H,5-6,8-9H2,1-2H3. The zero-order chi connectivity index (χ0) is 15.8. The quantitative estimate of drug-likeness (QED) is 0.711. The summed E-state index contributed by atoms with van der Waals surface area (Å²) in [6, 6.07) is 4.92. The van der Waals surface area contributed by atoms with Crippen LogP contribution in [-0.2, 0) is 4.79 Å². The molecule has 118 valence electrons. The molecule has 7 heteroatoms. The van der Waals surface area contributed by atoms with Gasteiger partial charge in [0.25, 0.3) is 0 Å². The molecule has 0 spiro atoms. The summed E-state index contributed by atoms with van der Waals surface area (Å²) in [6.45, 7) is 0.996. The number of carbonyl (C=O) groups excluding carboxylic acids is 1. The lowest BCUT2D eigenvalue weighted by molar-refractivity contribution is -0.128. The molecule has 0 saturated carbocycles. The summed E-state index contributed by atoms with van der Waals surface area (Å²) < 4.78 is 5.41. The zero-order valence-electron chi connectivity index (χ0n) is 12.1. The van der Waals surface area contributed by atoms with Crippen LogP contribution >= 0.6 is 23.2 Å². The maximum Gasteiger partial charge on any atom is 0.223 e. The van der Waals surface area contributed by atoms with Crippen LogP contribution in [0.3, 0.4) is 0 Å². The summed E-state index contributed by atoms with van der Waals surface area (Å²) in [4.78, 5) is 12.9. The molecule has 2 N–H and O–H groups in total. The van der Waals surface area contributed by atoms with Crippen molar-refractivity contribution in [3.63, 3.8) is 0 Å². The fourth-order valence-corrected chi connectivity index (χ4v) is 1.79. The van der Waals surface area contributed by atoms with Gasteiger partial charge in [-0.15, -0.1) is 0 Å². The molecule has 0 aliphatic heterocycles. The first-order valence-electron chi connectivity index (χ1n) is 6.57. The predicted octanol–water partition coefficient (Wildman–Crippen LogP) is 1.80. The van der Waals surface area contributed by atoms with Crippen LogP contribution in [0.15, 0.2) is 18.2 Å². The van der Waals surface area contributed by atoms with E-state index in [0.29, 0.717) is 35.3 Å². The molecule has 0 aliphatic carbocycles. The van der Waals surface area contributed by atoms with Gasteiger partial charge >= 0.3 is 0 Å². The molecule has 0 bridgehead atoms. The van der Waals surface area contributed by atoms with Crippen LogP contribution in [0.25, 0.3) is 0 Å². The van der Waals surface area contributed by atoms with Crippen LogP contribution in [0, 0.1) is 0 Å². The summed E-state index contributed by atoms with van der Waals surface area (Å²) >= 11 is 11.7. The summed E-state index contributed by atoms with van der Waals surface area (Å²) in [5, 5.41) is 13.6. The van der Waals surface area contributed by atoms with Crippen LogP contribution in [-0.4, -0.2) is 55.8 Å². The van der Waals surface area contributed by atoms with E-state index in [1.54, 1.807) is 32.3 Å². The van der Waals surface area contributed by atoms with Crippen molar-refractivity contribution in [3.05, 3.63) is 28.2 Å². The Morgan fingerprint density at radius 3 is 2.71 bits per heavy atom. The topological polar surface area (TPSA) is 61.8 Å². The van der Waals surface area contributed by atoms with Gasteiger partial charge in [0.1, 0.15) is 18.5 Å². The van der Waals surface area contributed by atoms with Crippen molar-refractivity contribution in [1.29, 1.82) is 0 Å². The van der Waals surface area contributed by atoms with Crippen molar-refractivity contribution in [2.75, 3.05) is 33.8 Å². The van der Waals surface area contributed by atoms with Gasteiger partial charge in [0.15, 0.2) is 0 Å². The monoisotopic (exact) mass is 334 g/mol. The van der Waals surface area contributed by atoms with Gasteiger partial charge in [-0.05, 0) is 12.1 Å². The van der Waals surface area contributed by atoms with Crippen LogP contribution in [0.4, 0.5) is 0 Å². The normalized spacial score (nSPS) is 12.0. The number of hydrogen-bond donors (Lipinski definition) is 2. The highest BCUT2D eigenvalue weighted by Crippen LogP contribution is 2.26. The van der Waals surface area contributed by atoms with E-state index >= 15 is 0 Å². The van der Waals surface area contributed by atoms with Crippen molar-refractivity contribution in [2.45, 2.75) is 12.5 Å². The van der Waals surface area contributed by atoms with Crippen molar-refractivity contribution >= 4 is 29.1 Å². The number of amides is 1. The Morgan fingerprint density at radius 1 is 1.38 bits per heavy atom. The number of aliphatic hydroxyl groups is 1. The summed E-state index contributed by atoms with van der Waals surface area (Å²) in [5.41, 5.74) is 0. The zero-order valence-corrected chi connectivity index (χ0v) is 13.6. The van der Waals surface area contributed by atoms with E-state index in [4.69, 9.17) is 27.9 Å². The molecule has 1 unspecified atom stereocenters. The van der Waals surface area contributed by atoms with E-state index in [1.807, 2.05) is 0 Å². The Hall–Kier alpha value is -1.01. The van der Waals surface area contributed by atoms with Gasteiger partial charge in [0.2, 0.25) is 5.91 Å². The molecular weight excluding hydrogens is 315 g/mol. The van der Waals surface area contributed by atoms with Gasteiger partial charge in [0.05, 0.1) is 10.0 Å². The highest BCUT2D eigenvalue weighted by molar-refractivity contribution is 6.42. The smallest absolute Gasteiger partial charge is 0.223 e. The second kappa shape index (κ2) is 9.10. The first kappa shape index (κ1) is 18.0. The second-order valence-corrected chi connectivity index (χ2v) is 5.60. The number of ether oxygens (including phenoxy) is 1. The lowest BCUT2D eigenvalue weighted by Crippen LogP contribution is -2.34. The van der Waals surface area contributed by atoms with Crippen molar-refractivity contribution < 1.29 is 14.6 Å². The third-order valence-corrected chi connectivity index (χ3v) is 3.47. The number of halogens is 2. The molecule has 5 nitrogen and oxygen atoms in total. The van der Waals surface area contributed by atoms with Gasteiger partial charge in [-0.3, -0.25) is 4.79 Å². The third kappa shape index (κ3) is 7.00. The molecule has 1 amide bonds. The van der Waals surface area contributed by atoms with Crippen LogP contribution in [0.1, 0.15) is 6.42 Å². The Morgan fingerprint density at radius 2 is 2.10 bits per heavy atom. The average Bonchev–Trinajstić information content (AvgIpc) is 2.44. The van der Waals surface area contributed by atoms with Gasteiger partial charge in [-0.25, -0.2) is 0 Å². The molecule has 0 aromatic heterocycles. The summed E-state index contributed by atoms with van der Waals surface area (Å²) in [7, 11) is 3.42. The van der Waals surface area contributed by atoms with Crippen LogP contribution in [0.5, 0.6) is 5.75 Å². The number of rotatable bonds is 8. The number of aliphatic hydroxyl groups excluding tert-OH is 1. The van der Waals surface area contributed by atoms with Crippen molar-refractivity contribution in [3.8, 4) is 5.75 Å². The molecule has 0 radical (unpaired) electrons. The first-order chi connectivity index (χ1) is 9.90. The van der Waals surface area contributed by atoms with E-state index < -0.39 is 6.10 Å². The lowest BCUT2D eigenvalue weighted by atomic mass is 10.3. The molecule has 1 aromatic rings. The molecule has 0 saturated heterocycles. The number of hydrogen-bond acceptors (Lipinski definition) is 4. The van der Waals surface area contributed by atoms with E-state index in [-0.39, 0.29) is 12.5 Å². The molecule has 1 atom stereocenters. The fraction of sp³-hybridized carbons (Fsp3) is 0.500. The van der Waals surface area contributed by atoms with E-state index in [0.717, 1.165) is 0 Å². The number of nitrogens with zero attached hydrogens (tertiary/aromatic N) is 1. The number of nitrogens with one attached hydrogen (secondary N) is 1. The molecule has 21 heavy (non-hydrogen) atoms. The van der Waals surface area contributed by atoms with Crippen molar-refractivity contribution in [2.24, 2.45) is 0 Å². The highest BCUT2D eigenvalue weighted by Gasteiger charge is 2.08. The largest absolute Gasteiger partial charge is 0.491 e. The highest BCUT2D eigenvalue weighted by atomic mass is 35.5. The summed E-state index contributed by atoms with van der Waals surface area (Å²) in [6.07, 6.45) is -0.276. The molecule has 0 aliphatic rings. The van der Waals surface area contributed by atoms with Crippen LogP contribution < -0.4 is 10.1 Å². The number of benzene rings is 1. The van der Waals surface area contributed by atoms with Crippen LogP contribution in [0.2, 0.25) is 10.0 Å². The third-order valence-electron chi connectivity index (χ3n) is 2.73. The lowest BCUT2D eigenvalue weighted by Gasteiger charge is -2.14.